The summed E-state index contributed by atoms with van der Waals surface area (Å²) in [5, 5.41) is 3.54. The molecule has 1 aliphatic carbocycles. The van der Waals surface area contributed by atoms with E-state index in [1.807, 2.05) is 24.3 Å². The minimum atomic E-state index is -0.343. The summed E-state index contributed by atoms with van der Waals surface area (Å²) in [6.07, 6.45) is 2.88. The molecule has 0 atom stereocenters. The summed E-state index contributed by atoms with van der Waals surface area (Å²) in [7, 11) is 0. The van der Waals surface area contributed by atoms with Crippen molar-refractivity contribution in [2.75, 3.05) is 29.9 Å². The van der Waals surface area contributed by atoms with E-state index in [0.717, 1.165) is 43.6 Å². The lowest BCUT2D eigenvalue weighted by Crippen LogP contribution is -2.22. The van der Waals surface area contributed by atoms with Crippen molar-refractivity contribution in [3.63, 3.8) is 0 Å². The molecule has 3 rings (SSSR count). The van der Waals surface area contributed by atoms with E-state index < -0.39 is 0 Å². The van der Waals surface area contributed by atoms with Gasteiger partial charge < -0.3 is 15.0 Å². The van der Waals surface area contributed by atoms with Crippen molar-refractivity contribution in [2.45, 2.75) is 40.0 Å². The van der Waals surface area contributed by atoms with E-state index in [0.29, 0.717) is 22.7 Å². The first-order chi connectivity index (χ1) is 13.1. The standard InChI is InChI=1S/C21H26N2O3S/c1-4-23(5-2)15-12-10-14(11-13-15)19(24)22-20-18(21(25)26-6-3)16-8-7-9-17(16)27-20/h10-13H,4-9H2,1-3H3,(H,22,24). The Kier molecular flexibility index (Phi) is 6.16. The molecular formula is C21H26N2O3S. The van der Waals surface area contributed by atoms with Crippen molar-refractivity contribution in [3.8, 4) is 0 Å². The molecule has 0 unspecified atom stereocenters. The lowest BCUT2D eigenvalue weighted by atomic mass is 10.1. The van der Waals surface area contributed by atoms with E-state index in [-0.39, 0.29) is 11.9 Å². The van der Waals surface area contributed by atoms with Crippen LogP contribution in [0.1, 0.15) is 58.3 Å². The number of anilines is 2. The second kappa shape index (κ2) is 8.57. The number of aryl methyl sites for hydroxylation is 1. The number of esters is 1. The zero-order valence-corrected chi connectivity index (χ0v) is 16.9. The normalized spacial score (nSPS) is 12.6. The maximum absolute atomic E-state index is 12.7. The average Bonchev–Trinajstić information content (AvgIpc) is 3.24. The molecule has 0 saturated heterocycles. The van der Waals surface area contributed by atoms with Crippen LogP contribution in [-0.4, -0.2) is 31.6 Å². The summed E-state index contributed by atoms with van der Waals surface area (Å²) in [5.74, 6) is -0.546. The van der Waals surface area contributed by atoms with Gasteiger partial charge in [-0.3, -0.25) is 4.79 Å². The highest BCUT2D eigenvalue weighted by Gasteiger charge is 2.28. The zero-order chi connectivity index (χ0) is 19.4. The minimum absolute atomic E-state index is 0.202. The summed E-state index contributed by atoms with van der Waals surface area (Å²) < 4.78 is 5.22. The Morgan fingerprint density at radius 1 is 1.11 bits per heavy atom. The van der Waals surface area contributed by atoms with Gasteiger partial charge in [0.25, 0.3) is 5.91 Å². The average molecular weight is 387 g/mol. The third kappa shape index (κ3) is 4.00. The van der Waals surface area contributed by atoms with Gasteiger partial charge in [-0.25, -0.2) is 4.79 Å². The number of thiophene rings is 1. The molecule has 0 radical (unpaired) electrons. The summed E-state index contributed by atoms with van der Waals surface area (Å²) in [6.45, 7) is 8.18. The van der Waals surface area contributed by atoms with E-state index >= 15 is 0 Å². The van der Waals surface area contributed by atoms with Crippen LogP contribution in [-0.2, 0) is 17.6 Å². The zero-order valence-electron chi connectivity index (χ0n) is 16.1. The Morgan fingerprint density at radius 3 is 2.44 bits per heavy atom. The number of benzene rings is 1. The van der Waals surface area contributed by atoms with Crippen molar-refractivity contribution in [2.24, 2.45) is 0 Å². The Hall–Kier alpha value is -2.34. The van der Waals surface area contributed by atoms with Crippen molar-refractivity contribution < 1.29 is 14.3 Å². The first-order valence-corrected chi connectivity index (χ1v) is 10.4. The molecular weight excluding hydrogens is 360 g/mol. The van der Waals surface area contributed by atoms with E-state index in [4.69, 9.17) is 4.74 Å². The predicted molar refractivity (Wildman–Crippen MR) is 110 cm³/mol. The first-order valence-electron chi connectivity index (χ1n) is 9.57. The number of carbonyl (C=O) groups is 2. The fraction of sp³-hybridized carbons (Fsp3) is 0.429. The second-order valence-electron chi connectivity index (χ2n) is 6.46. The number of hydrogen-bond donors (Lipinski definition) is 1. The Bertz CT molecular complexity index is 823. The van der Waals surface area contributed by atoms with Crippen LogP contribution in [0.5, 0.6) is 0 Å². The van der Waals surface area contributed by atoms with E-state index in [1.54, 1.807) is 6.92 Å². The molecule has 1 aliphatic rings. The predicted octanol–water partition coefficient (Wildman–Crippen LogP) is 4.51. The Balaban J connectivity index is 1.81. The molecule has 5 nitrogen and oxygen atoms in total. The van der Waals surface area contributed by atoms with Crippen LogP contribution < -0.4 is 10.2 Å². The van der Waals surface area contributed by atoms with Gasteiger partial charge in [0.2, 0.25) is 0 Å². The fourth-order valence-electron chi connectivity index (χ4n) is 3.50. The number of carbonyl (C=O) groups excluding carboxylic acids is 2. The highest BCUT2D eigenvalue weighted by molar-refractivity contribution is 7.17. The van der Waals surface area contributed by atoms with Gasteiger partial charge in [-0.15, -0.1) is 11.3 Å². The maximum atomic E-state index is 12.7. The van der Waals surface area contributed by atoms with Crippen LogP contribution in [0.2, 0.25) is 0 Å². The Labute approximate surface area is 164 Å². The molecule has 0 saturated carbocycles. The molecule has 1 aromatic heterocycles. The number of amides is 1. The molecule has 0 fully saturated rings. The van der Waals surface area contributed by atoms with Gasteiger partial charge in [-0.2, -0.15) is 0 Å². The second-order valence-corrected chi connectivity index (χ2v) is 7.56. The molecule has 27 heavy (non-hydrogen) atoms. The number of nitrogens with one attached hydrogen (secondary N) is 1. The van der Waals surface area contributed by atoms with Crippen LogP contribution >= 0.6 is 11.3 Å². The number of rotatable bonds is 7. The van der Waals surface area contributed by atoms with Crippen molar-refractivity contribution >= 4 is 33.9 Å². The van der Waals surface area contributed by atoms with Crippen molar-refractivity contribution in [3.05, 3.63) is 45.8 Å². The van der Waals surface area contributed by atoms with Gasteiger partial charge in [-0.1, -0.05) is 0 Å². The molecule has 1 N–H and O–H groups in total. The number of fused-ring (bicyclic) bond motifs is 1. The van der Waals surface area contributed by atoms with Crippen LogP contribution in [0.3, 0.4) is 0 Å². The van der Waals surface area contributed by atoms with Crippen molar-refractivity contribution in [1.82, 2.24) is 0 Å². The van der Waals surface area contributed by atoms with E-state index in [1.165, 1.54) is 16.2 Å². The summed E-state index contributed by atoms with van der Waals surface area (Å²) in [6, 6.07) is 7.58. The lowest BCUT2D eigenvalue weighted by Gasteiger charge is -2.21. The molecule has 144 valence electrons. The molecule has 2 aromatic rings. The molecule has 1 heterocycles. The quantitative estimate of drug-likeness (QED) is 0.711. The third-order valence-electron chi connectivity index (χ3n) is 4.89. The first kappa shape index (κ1) is 19.4. The largest absolute Gasteiger partial charge is 0.462 e. The van der Waals surface area contributed by atoms with Gasteiger partial charge in [0.15, 0.2) is 0 Å². The van der Waals surface area contributed by atoms with Gasteiger partial charge >= 0.3 is 5.97 Å². The molecule has 0 bridgehead atoms. The molecule has 6 heteroatoms. The van der Waals surface area contributed by atoms with Crippen molar-refractivity contribution in [1.29, 1.82) is 0 Å². The maximum Gasteiger partial charge on any atom is 0.341 e. The monoisotopic (exact) mass is 386 g/mol. The highest BCUT2D eigenvalue weighted by Crippen LogP contribution is 2.39. The van der Waals surface area contributed by atoms with Gasteiger partial charge in [-0.05, 0) is 69.9 Å². The summed E-state index contributed by atoms with van der Waals surface area (Å²) in [4.78, 5) is 28.6. The molecule has 0 aliphatic heterocycles. The van der Waals surface area contributed by atoms with E-state index in [9.17, 15) is 9.59 Å². The van der Waals surface area contributed by atoms with E-state index in [2.05, 4.69) is 24.1 Å². The smallest absolute Gasteiger partial charge is 0.341 e. The summed E-state index contributed by atoms with van der Waals surface area (Å²) >= 11 is 1.50. The summed E-state index contributed by atoms with van der Waals surface area (Å²) in [5.41, 5.74) is 3.27. The number of nitrogens with zero attached hydrogens (tertiary/aromatic N) is 1. The van der Waals surface area contributed by atoms with Crippen LogP contribution in [0.15, 0.2) is 24.3 Å². The minimum Gasteiger partial charge on any atom is -0.462 e. The van der Waals surface area contributed by atoms with Gasteiger partial charge in [0, 0.05) is 29.2 Å². The van der Waals surface area contributed by atoms with Crippen LogP contribution in [0.4, 0.5) is 10.7 Å². The third-order valence-corrected chi connectivity index (χ3v) is 6.09. The fourth-order valence-corrected chi connectivity index (χ4v) is 4.77. The number of hydrogen-bond acceptors (Lipinski definition) is 5. The molecule has 0 spiro atoms. The topological polar surface area (TPSA) is 58.6 Å². The highest BCUT2D eigenvalue weighted by atomic mass is 32.1. The Morgan fingerprint density at radius 2 is 1.81 bits per heavy atom. The van der Waals surface area contributed by atoms with Crippen LogP contribution in [0, 0.1) is 0 Å². The van der Waals surface area contributed by atoms with Crippen LogP contribution in [0.25, 0.3) is 0 Å². The lowest BCUT2D eigenvalue weighted by molar-refractivity contribution is 0.0527. The van der Waals surface area contributed by atoms with Gasteiger partial charge in [0.1, 0.15) is 5.00 Å². The number of ether oxygens (including phenoxy) is 1. The molecule has 1 aromatic carbocycles. The molecule has 1 amide bonds. The van der Waals surface area contributed by atoms with Gasteiger partial charge in [0.05, 0.1) is 12.2 Å². The SMILES string of the molecule is CCOC(=O)c1c(NC(=O)c2ccc(N(CC)CC)cc2)sc2c1CCC2.